The standard InChI is InChI=1S/C17H22N2O/c1-11-6-7-19-14(9-11)17(18-4)16-13(3)8-12(2)10-15(16)20-5/h6-10,17-18H,1-5H3. The maximum Gasteiger partial charge on any atom is 0.124 e. The maximum absolute atomic E-state index is 5.57. The molecule has 3 heteroatoms. The Kier molecular flexibility index (Phi) is 4.40. The number of rotatable bonds is 4. The molecule has 3 nitrogen and oxygen atoms in total. The highest BCUT2D eigenvalue weighted by molar-refractivity contribution is 5.47. The summed E-state index contributed by atoms with van der Waals surface area (Å²) in [5.41, 5.74) is 5.79. The molecule has 106 valence electrons. The Balaban J connectivity index is 2.57. The lowest BCUT2D eigenvalue weighted by Gasteiger charge is -2.22. The van der Waals surface area contributed by atoms with E-state index < -0.39 is 0 Å². The highest BCUT2D eigenvalue weighted by Gasteiger charge is 2.20. The fraction of sp³-hybridized carbons (Fsp3) is 0.353. The molecule has 0 aliphatic heterocycles. The van der Waals surface area contributed by atoms with E-state index in [-0.39, 0.29) is 6.04 Å². The minimum atomic E-state index is 0.0328. The number of methoxy groups -OCH3 is 1. The Morgan fingerprint density at radius 3 is 2.45 bits per heavy atom. The summed E-state index contributed by atoms with van der Waals surface area (Å²) in [4.78, 5) is 4.51. The molecule has 0 amide bonds. The van der Waals surface area contributed by atoms with Gasteiger partial charge in [0, 0.05) is 11.8 Å². The van der Waals surface area contributed by atoms with Gasteiger partial charge in [0.25, 0.3) is 0 Å². The van der Waals surface area contributed by atoms with E-state index >= 15 is 0 Å². The smallest absolute Gasteiger partial charge is 0.124 e. The monoisotopic (exact) mass is 270 g/mol. The van der Waals surface area contributed by atoms with Gasteiger partial charge in [-0.25, -0.2) is 0 Å². The number of aryl methyl sites for hydroxylation is 3. The largest absolute Gasteiger partial charge is 0.496 e. The zero-order valence-electron chi connectivity index (χ0n) is 12.8. The van der Waals surface area contributed by atoms with Crippen LogP contribution in [0.5, 0.6) is 5.75 Å². The van der Waals surface area contributed by atoms with E-state index in [0.29, 0.717) is 0 Å². The third-order valence-electron chi connectivity index (χ3n) is 3.52. The number of aromatic nitrogens is 1. The Bertz CT molecular complexity index is 608. The van der Waals surface area contributed by atoms with Crippen LogP contribution in [0.2, 0.25) is 0 Å². The van der Waals surface area contributed by atoms with Crippen LogP contribution in [0.3, 0.4) is 0 Å². The summed E-state index contributed by atoms with van der Waals surface area (Å²) in [6, 6.07) is 8.40. The second-order valence-corrected chi connectivity index (χ2v) is 5.18. The van der Waals surface area contributed by atoms with Crippen molar-refractivity contribution in [3.63, 3.8) is 0 Å². The molecule has 1 atom stereocenters. The lowest BCUT2D eigenvalue weighted by atomic mass is 9.95. The van der Waals surface area contributed by atoms with Crippen molar-refractivity contribution in [2.24, 2.45) is 0 Å². The van der Waals surface area contributed by atoms with Crippen molar-refractivity contribution in [1.82, 2.24) is 10.3 Å². The number of hydrogen-bond acceptors (Lipinski definition) is 3. The van der Waals surface area contributed by atoms with Crippen molar-refractivity contribution in [2.75, 3.05) is 14.2 Å². The fourth-order valence-corrected chi connectivity index (χ4v) is 2.64. The predicted molar refractivity (Wildman–Crippen MR) is 82.3 cm³/mol. The first-order valence-corrected chi connectivity index (χ1v) is 6.81. The van der Waals surface area contributed by atoms with Gasteiger partial charge < -0.3 is 10.1 Å². The molecule has 0 bridgehead atoms. The Hall–Kier alpha value is -1.87. The van der Waals surface area contributed by atoms with Crippen molar-refractivity contribution in [3.05, 3.63) is 58.4 Å². The first-order chi connectivity index (χ1) is 9.56. The van der Waals surface area contributed by atoms with Crippen LogP contribution in [0.25, 0.3) is 0 Å². The van der Waals surface area contributed by atoms with Crippen LogP contribution >= 0.6 is 0 Å². The molecule has 2 rings (SSSR count). The first kappa shape index (κ1) is 14.5. The van der Waals surface area contributed by atoms with Gasteiger partial charge in [0.05, 0.1) is 18.8 Å². The summed E-state index contributed by atoms with van der Waals surface area (Å²) in [6.07, 6.45) is 1.85. The van der Waals surface area contributed by atoms with Crippen LogP contribution in [0, 0.1) is 20.8 Å². The number of benzene rings is 1. The summed E-state index contributed by atoms with van der Waals surface area (Å²) in [5, 5.41) is 3.35. The molecule has 1 N–H and O–H groups in total. The molecule has 0 radical (unpaired) electrons. The number of nitrogens with one attached hydrogen (secondary N) is 1. The van der Waals surface area contributed by atoms with Crippen LogP contribution in [0.15, 0.2) is 30.5 Å². The highest BCUT2D eigenvalue weighted by Crippen LogP contribution is 2.33. The maximum atomic E-state index is 5.57. The van der Waals surface area contributed by atoms with E-state index in [1.165, 1.54) is 16.7 Å². The molecule has 20 heavy (non-hydrogen) atoms. The average molecular weight is 270 g/mol. The van der Waals surface area contributed by atoms with Crippen LogP contribution in [-0.2, 0) is 0 Å². The van der Waals surface area contributed by atoms with Gasteiger partial charge in [-0.15, -0.1) is 0 Å². The summed E-state index contributed by atoms with van der Waals surface area (Å²) >= 11 is 0. The molecular formula is C17H22N2O. The molecule has 0 spiro atoms. The van der Waals surface area contributed by atoms with Gasteiger partial charge in [0.2, 0.25) is 0 Å². The normalized spacial score (nSPS) is 12.2. The Morgan fingerprint density at radius 1 is 1.10 bits per heavy atom. The fourth-order valence-electron chi connectivity index (χ4n) is 2.64. The van der Waals surface area contributed by atoms with Crippen molar-refractivity contribution in [3.8, 4) is 5.75 Å². The van der Waals surface area contributed by atoms with Gasteiger partial charge in [0.15, 0.2) is 0 Å². The SMILES string of the molecule is CNC(c1cc(C)ccn1)c1c(C)cc(C)cc1OC. The van der Waals surface area contributed by atoms with Crippen molar-refractivity contribution in [2.45, 2.75) is 26.8 Å². The van der Waals surface area contributed by atoms with Crippen LogP contribution < -0.4 is 10.1 Å². The molecule has 0 saturated heterocycles. The first-order valence-electron chi connectivity index (χ1n) is 6.81. The van der Waals surface area contributed by atoms with E-state index in [2.05, 4.69) is 49.3 Å². The van der Waals surface area contributed by atoms with Crippen molar-refractivity contribution < 1.29 is 4.74 Å². The summed E-state index contributed by atoms with van der Waals surface area (Å²) < 4.78 is 5.57. The summed E-state index contributed by atoms with van der Waals surface area (Å²) in [7, 11) is 3.67. The Labute approximate surface area is 121 Å². The molecule has 0 aliphatic carbocycles. The lowest BCUT2D eigenvalue weighted by Crippen LogP contribution is -2.21. The number of hydrogen-bond donors (Lipinski definition) is 1. The van der Waals surface area contributed by atoms with Gasteiger partial charge in [-0.05, 0) is 62.7 Å². The molecule has 1 unspecified atom stereocenters. The summed E-state index contributed by atoms with van der Waals surface area (Å²) in [5.74, 6) is 0.908. The van der Waals surface area contributed by atoms with Gasteiger partial charge in [-0.2, -0.15) is 0 Å². The molecule has 2 aromatic rings. The highest BCUT2D eigenvalue weighted by atomic mass is 16.5. The second kappa shape index (κ2) is 6.06. The van der Waals surface area contributed by atoms with Gasteiger partial charge in [-0.3, -0.25) is 4.98 Å². The molecule has 0 fully saturated rings. The molecule has 1 aromatic heterocycles. The molecule has 1 aromatic carbocycles. The Morgan fingerprint density at radius 2 is 1.85 bits per heavy atom. The van der Waals surface area contributed by atoms with E-state index in [4.69, 9.17) is 4.74 Å². The molecular weight excluding hydrogens is 248 g/mol. The van der Waals surface area contributed by atoms with E-state index in [9.17, 15) is 0 Å². The molecule has 1 heterocycles. The zero-order chi connectivity index (χ0) is 14.7. The third-order valence-corrected chi connectivity index (χ3v) is 3.52. The average Bonchev–Trinajstić information content (AvgIpc) is 2.41. The number of nitrogens with zero attached hydrogens (tertiary/aromatic N) is 1. The molecule has 0 saturated carbocycles. The van der Waals surface area contributed by atoms with E-state index in [1.807, 2.05) is 19.3 Å². The van der Waals surface area contributed by atoms with E-state index in [0.717, 1.165) is 17.0 Å². The van der Waals surface area contributed by atoms with Gasteiger partial charge in [0.1, 0.15) is 5.75 Å². The van der Waals surface area contributed by atoms with Crippen molar-refractivity contribution in [1.29, 1.82) is 0 Å². The van der Waals surface area contributed by atoms with Gasteiger partial charge >= 0.3 is 0 Å². The quantitative estimate of drug-likeness (QED) is 0.925. The van der Waals surface area contributed by atoms with Crippen molar-refractivity contribution >= 4 is 0 Å². The zero-order valence-corrected chi connectivity index (χ0v) is 12.8. The topological polar surface area (TPSA) is 34.2 Å². The van der Waals surface area contributed by atoms with Crippen LogP contribution in [-0.4, -0.2) is 19.1 Å². The second-order valence-electron chi connectivity index (χ2n) is 5.18. The van der Waals surface area contributed by atoms with Crippen LogP contribution in [0.1, 0.15) is 34.0 Å². The third kappa shape index (κ3) is 2.83. The minimum absolute atomic E-state index is 0.0328. The number of ether oxygens (including phenoxy) is 1. The number of pyridine rings is 1. The lowest BCUT2D eigenvalue weighted by molar-refractivity contribution is 0.404. The van der Waals surface area contributed by atoms with E-state index in [1.54, 1.807) is 7.11 Å². The minimum Gasteiger partial charge on any atom is -0.496 e. The van der Waals surface area contributed by atoms with Crippen LogP contribution in [0.4, 0.5) is 0 Å². The summed E-state index contributed by atoms with van der Waals surface area (Å²) in [6.45, 7) is 6.28. The van der Waals surface area contributed by atoms with Gasteiger partial charge in [-0.1, -0.05) is 6.07 Å². The molecule has 0 aliphatic rings. The predicted octanol–water partition coefficient (Wildman–Crippen LogP) is 3.32.